The molecule has 4 atom stereocenters. The Kier molecular flexibility index (Phi) is 5.37. The molecule has 37 heavy (non-hydrogen) atoms. The van der Waals surface area contributed by atoms with Gasteiger partial charge in [0.05, 0.1) is 16.8 Å². The Morgan fingerprint density at radius 2 is 1.78 bits per heavy atom. The molecule has 7 heterocycles. The van der Waals surface area contributed by atoms with Crippen molar-refractivity contribution in [3.8, 4) is 16.5 Å². The molecule has 5 fully saturated rings. The Hall–Kier alpha value is -2.74. The van der Waals surface area contributed by atoms with Gasteiger partial charge < -0.3 is 15.0 Å². The van der Waals surface area contributed by atoms with Crippen LogP contribution in [0.3, 0.4) is 0 Å². The lowest BCUT2D eigenvalue weighted by Gasteiger charge is -2.53. The summed E-state index contributed by atoms with van der Waals surface area (Å²) in [6, 6.07) is 20.8. The Bertz CT molecular complexity index is 1430. The second-order valence-corrected chi connectivity index (χ2v) is 12.3. The zero-order valence-electron chi connectivity index (χ0n) is 21.1. The third kappa shape index (κ3) is 3.90. The number of aromatic nitrogens is 2. The van der Waals surface area contributed by atoms with Crippen molar-refractivity contribution < 1.29 is 4.74 Å². The number of piperazine rings is 1. The smallest absolute Gasteiger partial charge is 0.319 e. The second kappa shape index (κ2) is 8.93. The number of rotatable bonds is 7. The number of benzene rings is 2. The van der Waals surface area contributed by atoms with Crippen molar-refractivity contribution in [2.45, 2.75) is 62.7 Å². The van der Waals surface area contributed by atoms with E-state index in [4.69, 9.17) is 14.7 Å². The van der Waals surface area contributed by atoms with Crippen LogP contribution in [0.25, 0.3) is 31.4 Å². The zero-order valence-corrected chi connectivity index (χ0v) is 21.9. The first-order chi connectivity index (χ1) is 18.3. The molecule has 7 heteroatoms. The number of nitrogens with zero attached hydrogens (tertiary/aromatic N) is 4. The summed E-state index contributed by atoms with van der Waals surface area (Å²) >= 11 is 1.81. The van der Waals surface area contributed by atoms with Crippen molar-refractivity contribution in [2.75, 3.05) is 31.1 Å². The molecule has 0 spiro atoms. The third-order valence-corrected chi connectivity index (χ3v) is 10.1. The number of nitrogens with one attached hydrogen (secondary N) is 1. The van der Waals surface area contributed by atoms with E-state index in [2.05, 4.69) is 63.6 Å². The van der Waals surface area contributed by atoms with Crippen molar-refractivity contribution in [3.63, 3.8) is 0 Å². The van der Waals surface area contributed by atoms with E-state index in [-0.39, 0.29) is 0 Å². The molecule has 6 nitrogen and oxygen atoms in total. The van der Waals surface area contributed by atoms with E-state index in [0.717, 1.165) is 49.5 Å². The minimum atomic E-state index is 0.528. The predicted octanol–water partition coefficient (Wildman–Crippen LogP) is 5.46. The molecule has 4 unspecified atom stereocenters. The van der Waals surface area contributed by atoms with Crippen LogP contribution in [-0.4, -0.2) is 65.3 Å². The highest BCUT2D eigenvalue weighted by Crippen LogP contribution is 2.42. The van der Waals surface area contributed by atoms with Gasteiger partial charge in [-0.05, 0) is 54.5 Å². The number of piperidine rings is 2. The van der Waals surface area contributed by atoms with Gasteiger partial charge in [-0.3, -0.25) is 4.90 Å². The standard InChI is InChI=1S/C30H33N5OS/c1-2-10-24-19(6-1)7-3-11-25(24)27-16-26-28(37-27)29(34-17-20-14-21(18-34)31-20)33-30(32-26)36-13-5-12-35-22-8-4-9-23(35)15-22/h1-3,6-7,10-11,16,20-23,31H,4-5,8-9,12-15,17-18H2. The Morgan fingerprint density at radius 3 is 2.62 bits per heavy atom. The van der Waals surface area contributed by atoms with Gasteiger partial charge in [-0.25, -0.2) is 0 Å². The van der Waals surface area contributed by atoms with Gasteiger partial charge in [0.1, 0.15) is 0 Å². The van der Waals surface area contributed by atoms with Crippen LogP contribution < -0.4 is 15.0 Å². The normalized spacial score (nSPS) is 26.8. The molecule has 4 bridgehead atoms. The first kappa shape index (κ1) is 22.3. The number of ether oxygens (including phenoxy) is 1. The van der Waals surface area contributed by atoms with Crippen LogP contribution in [0, 0.1) is 0 Å². The van der Waals surface area contributed by atoms with Gasteiger partial charge in [-0.1, -0.05) is 48.9 Å². The van der Waals surface area contributed by atoms with E-state index in [1.165, 1.54) is 58.0 Å². The fraction of sp³-hybridized carbons (Fsp3) is 0.467. The fourth-order valence-electron chi connectivity index (χ4n) is 7.11. The van der Waals surface area contributed by atoms with Crippen LogP contribution in [-0.2, 0) is 0 Å². The van der Waals surface area contributed by atoms with E-state index in [1.54, 1.807) is 0 Å². The monoisotopic (exact) mass is 511 g/mol. The van der Waals surface area contributed by atoms with Crippen LogP contribution in [0.15, 0.2) is 48.5 Å². The number of thiophene rings is 1. The summed E-state index contributed by atoms with van der Waals surface area (Å²) in [5.74, 6) is 1.05. The molecular weight excluding hydrogens is 478 g/mol. The minimum absolute atomic E-state index is 0.528. The molecular formula is C30H33N5OS. The van der Waals surface area contributed by atoms with E-state index in [1.807, 2.05) is 11.3 Å². The average Bonchev–Trinajstić information content (AvgIpc) is 3.36. The van der Waals surface area contributed by atoms with Crippen molar-refractivity contribution in [1.29, 1.82) is 0 Å². The Morgan fingerprint density at radius 1 is 0.973 bits per heavy atom. The summed E-state index contributed by atoms with van der Waals surface area (Å²) in [6.45, 7) is 3.81. The number of fused-ring (bicyclic) bond motifs is 6. The zero-order chi connectivity index (χ0) is 24.3. The molecule has 0 radical (unpaired) electrons. The van der Waals surface area contributed by atoms with Crippen molar-refractivity contribution in [3.05, 3.63) is 48.5 Å². The molecule has 4 aromatic rings. The molecule has 0 aliphatic carbocycles. The molecule has 2 aromatic heterocycles. The van der Waals surface area contributed by atoms with Crippen molar-refractivity contribution in [1.82, 2.24) is 20.2 Å². The van der Waals surface area contributed by atoms with Gasteiger partial charge in [-0.15, -0.1) is 11.3 Å². The molecule has 9 rings (SSSR count). The minimum Gasteiger partial charge on any atom is -0.463 e. The topological polar surface area (TPSA) is 53.5 Å². The SMILES string of the molecule is c1ccc2c(-c3cc4nc(OCCCN5C6CCCC5C6)nc(N5CC6CC(C5)N6)c4s3)cccc2c1. The molecule has 5 saturated heterocycles. The Balaban J connectivity index is 1.09. The van der Waals surface area contributed by atoms with Crippen LogP contribution in [0.2, 0.25) is 0 Å². The number of anilines is 1. The summed E-state index contributed by atoms with van der Waals surface area (Å²) in [7, 11) is 0. The van der Waals surface area contributed by atoms with Gasteiger partial charge in [-0.2, -0.15) is 9.97 Å². The van der Waals surface area contributed by atoms with Crippen LogP contribution in [0.4, 0.5) is 5.82 Å². The number of hydrogen-bond donors (Lipinski definition) is 1. The fourth-order valence-corrected chi connectivity index (χ4v) is 8.26. The van der Waals surface area contributed by atoms with Gasteiger partial charge >= 0.3 is 6.01 Å². The highest BCUT2D eigenvalue weighted by atomic mass is 32.1. The highest BCUT2D eigenvalue weighted by molar-refractivity contribution is 7.22. The average molecular weight is 512 g/mol. The van der Waals surface area contributed by atoms with Crippen LogP contribution in [0.5, 0.6) is 6.01 Å². The third-order valence-electron chi connectivity index (χ3n) is 8.96. The predicted molar refractivity (Wildman–Crippen MR) is 151 cm³/mol. The molecule has 190 valence electrons. The maximum atomic E-state index is 6.22. The quantitative estimate of drug-likeness (QED) is 0.333. The first-order valence-corrected chi connectivity index (χ1v) is 14.8. The second-order valence-electron chi connectivity index (χ2n) is 11.3. The van der Waals surface area contributed by atoms with E-state index in [0.29, 0.717) is 24.7 Å². The molecule has 0 amide bonds. The van der Waals surface area contributed by atoms with E-state index < -0.39 is 0 Å². The summed E-state index contributed by atoms with van der Waals surface area (Å²) in [5, 5.41) is 6.20. The maximum Gasteiger partial charge on any atom is 0.319 e. The largest absolute Gasteiger partial charge is 0.463 e. The summed E-state index contributed by atoms with van der Waals surface area (Å²) in [6.07, 6.45) is 7.89. The summed E-state index contributed by atoms with van der Waals surface area (Å²) < 4.78 is 7.39. The molecule has 5 aliphatic heterocycles. The Labute approximate surface area is 221 Å². The van der Waals surface area contributed by atoms with E-state index >= 15 is 0 Å². The summed E-state index contributed by atoms with van der Waals surface area (Å²) in [4.78, 5) is 16.3. The molecule has 5 aliphatic rings. The lowest BCUT2D eigenvalue weighted by Crippen LogP contribution is -2.67. The number of hydrogen-bond acceptors (Lipinski definition) is 7. The highest BCUT2D eigenvalue weighted by Gasteiger charge is 2.40. The molecule has 0 saturated carbocycles. The summed E-state index contributed by atoms with van der Waals surface area (Å²) in [5.41, 5.74) is 2.26. The van der Waals surface area contributed by atoms with Crippen LogP contribution >= 0.6 is 11.3 Å². The molecule has 2 aromatic carbocycles. The van der Waals surface area contributed by atoms with E-state index in [9.17, 15) is 0 Å². The first-order valence-electron chi connectivity index (χ1n) is 14.0. The van der Waals surface area contributed by atoms with Gasteiger partial charge in [0, 0.05) is 48.7 Å². The van der Waals surface area contributed by atoms with Crippen molar-refractivity contribution >= 4 is 38.1 Å². The van der Waals surface area contributed by atoms with Gasteiger partial charge in [0.25, 0.3) is 0 Å². The molecule has 1 N–H and O–H groups in total. The van der Waals surface area contributed by atoms with Gasteiger partial charge in [0.15, 0.2) is 5.82 Å². The maximum absolute atomic E-state index is 6.22. The van der Waals surface area contributed by atoms with Gasteiger partial charge in [0.2, 0.25) is 0 Å². The van der Waals surface area contributed by atoms with Crippen LogP contribution in [0.1, 0.15) is 38.5 Å². The lowest BCUT2D eigenvalue weighted by atomic mass is 9.80. The van der Waals surface area contributed by atoms with Crippen molar-refractivity contribution in [2.24, 2.45) is 0 Å². The lowest BCUT2D eigenvalue weighted by molar-refractivity contribution is -0.0295.